The van der Waals surface area contributed by atoms with E-state index in [-0.39, 0.29) is 17.1 Å². The van der Waals surface area contributed by atoms with Gasteiger partial charge in [0.25, 0.3) is 5.69 Å². The number of hydrogen-bond donors (Lipinski definition) is 2. The molecule has 4 atom stereocenters. The predicted octanol–water partition coefficient (Wildman–Crippen LogP) is 2.77. The Morgan fingerprint density at radius 2 is 1.73 bits per heavy atom. The number of hydrogen-bond acceptors (Lipinski definition) is 7. The van der Waals surface area contributed by atoms with Crippen molar-refractivity contribution in [2.45, 2.75) is 18.0 Å². The summed E-state index contributed by atoms with van der Waals surface area (Å²) in [5, 5.41) is 17.7. The number of ether oxygens (including phenoxy) is 1. The Labute approximate surface area is 211 Å². The van der Waals surface area contributed by atoms with Crippen molar-refractivity contribution in [3.63, 3.8) is 0 Å². The lowest BCUT2D eigenvalue weighted by Gasteiger charge is -2.29. The largest absolute Gasteiger partial charge is 0.495 e. The van der Waals surface area contributed by atoms with Crippen LogP contribution in [-0.2, 0) is 26.3 Å². The average Bonchev–Trinajstić information content (AvgIpc) is 3.48. The highest BCUT2D eigenvalue weighted by atomic mass is 16.6. The number of amides is 3. The van der Waals surface area contributed by atoms with Crippen molar-refractivity contribution >= 4 is 34.8 Å². The number of imide groups is 1. The van der Waals surface area contributed by atoms with E-state index >= 15 is 0 Å². The second-order valence-corrected chi connectivity index (χ2v) is 9.38. The molecule has 10 heteroatoms. The third-order valence-corrected chi connectivity index (χ3v) is 7.54. The van der Waals surface area contributed by atoms with Gasteiger partial charge in [0.2, 0.25) is 17.7 Å². The monoisotopic (exact) mass is 498 g/mol. The summed E-state index contributed by atoms with van der Waals surface area (Å²) >= 11 is 0. The van der Waals surface area contributed by atoms with Gasteiger partial charge >= 0.3 is 0 Å². The van der Waals surface area contributed by atoms with E-state index in [2.05, 4.69) is 10.6 Å². The summed E-state index contributed by atoms with van der Waals surface area (Å²) in [5.74, 6) is -3.34. The number of rotatable bonds is 5. The molecule has 3 aromatic carbocycles. The van der Waals surface area contributed by atoms with Gasteiger partial charge in [0.15, 0.2) is 0 Å². The number of nitro benzene ring substituents is 1. The van der Waals surface area contributed by atoms with Crippen LogP contribution in [0.4, 0.5) is 17.1 Å². The van der Waals surface area contributed by atoms with Gasteiger partial charge in [-0.1, -0.05) is 48.5 Å². The molecule has 6 rings (SSSR count). The first kappa shape index (κ1) is 22.9. The van der Waals surface area contributed by atoms with E-state index < -0.39 is 46.1 Å². The van der Waals surface area contributed by atoms with Gasteiger partial charge in [0.1, 0.15) is 17.0 Å². The van der Waals surface area contributed by atoms with Crippen molar-refractivity contribution in [2.75, 3.05) is 17.3 Å². The minimum absolute atomic E-state index is 0.0126. The molecule has 0 saturated carbocycles. The molecule has 0 aliphatic carbocycles. The normalized spacial score (nSPS) is 25.8. The van der Waals surface area contributed by atoms with E-state index in [1.807, 2.05) is 30.3 Å². The van der Waals surface area contributed by atoms with Crippen LogP contribution < -0.4 is 20.3 Å². The van der Waals surface area contributed by atoms with Crippen molar-refractivity contribution in [1.82, 2.24) is 5.32 Å². The zero-order valence-corrected chi connectivity index (χ0v) is 19.7. The molecule has 0 radical (unpaired) electrons. The maximum atomic E-state index is 14.1. The minimum atomic E-state index is -1.46. The molecular formula is C27H22N4O6. The van der Waals surface area contributed by atoms with Gasteiger partial charge in [-0.2, -0.15) is 0 Å². The molecule has 3 heterocycles. The fourth-order valence-electron chi connectivity index (χ4n) is 6.01. The van der Waals surface area contributed by atoms with Crippen molar-refractivity contribution in [1.29, 1.82) is 0 Å². The smallest absolute Gasteiger partial charge is 0.271 e. The van der Waals surface area contributed by atoms with Crippen molar-refractivity contribution in [3.8, 4) is 5.75 Å². The van der Waals surface area contributed by atoms with Crippen LogP contribution in [0.3, 0.4) is 0 Å². The molecule has 10 nitrogen and oxygen atoms in total. The number of fused-ring (bicyclic) bond motifs is 4. The highest BCUT2D eigenvalue weighted by molar-refractivity contribution is 6.26. The zero-order valence-electron chi connectivity index (χ0n) is 19.7. The summed E-state index contributed by atoms with van der Waals surface area (Å²) in [4.78, 5) is 53.6. The first-order chi connectivity index (χ1) is 17.9. The Kier molecular flexibility index (Phi) is 5.09. The van der Waals surface area contributed by atoms with Crippen LogP contribution in [0, 0.1) is 22.0 Å². The van der Waals surface area contributed by atoms with Crippen molar-refractivity contribution in [2.24, 2.45) is 11.8 Å². The first-order valence-corrected chi connectivity index (χ1v) is 11.8. The van der Waals surface area contributed by atoms with Gasteiger partial charge in [-0.25, -0.2) is 4.90 Å². The molecule has 0 bridgehead atoms. The summed E-state index contributed by atoms with van der Waals surface area (Å²) in [6.07, 6.45) is 0.401. The lowest BCUT2D eigenvalue weighted by molar-refractivity contribution is -0.384. The molecule has 186 valence electrons. The van der Waals surface area contributed by atoms with Gasteiger partial charge in [-0.3, -0.25) is 29.8 Å². The van der Waals surface area contributed by atoms with Gasteiger partial charge in [0.05, 0.1) is 23.9 Å². The number of nitro groups is 1. The molecule has 3 amide bonds. The molecule has 3 aliphatic rings. The maximum Gasteiger partial charge on any atom is 0.271 e. The Morgan fingerprint density at radius 3 is 2.46 bits per heavy atom. The van der Waals surface area contributed by atoms with Crippen molar-refractivity contribution in [3.05, 3.63) is 94.0 Å². The number of para-hydroxylation sites is 1. The number of carbonyl (C=O) groups is 3. The van der Waals surface area contributed by atoms with E-state index in [4.69, 9.17) is 4.74 Å². The summed E-state index contributed by atoms with van der Waals surface area (Å²) < 4.78 is 5.36. The topological polar surface area (TPSA) is 131 Å². The van der Waals surface area contributed by atoms with Gasteiger partial charge in [0, 0.05) is 29.4 Å². The van der Waals surface area contributed by atoms with Crippen LogP contribution in [0.1, 0.15) is 11.1 Å². The number of anilines is 2. The number of nitrogens with zero attached hydrogens (tertiary/aromatic N) is 2. The van der Waals surface area contributed by atoms with Crippen LogP contribution in [0.5, 0.6) is 5.75 Å². The van der Waals surface area contributed by atoms with E-state index in [1.54, 1.807) is 24.3 Å². The second kappa shape index (κ2) is 8.24. The third-order valence-electron chi connectivity index (χ3n) is 7.54. The molecular weight excluding hydrogens is 476 g/mol. The highest BCUT2D eigenvalue weighted by Crippen LogP contribution is 2.54. The molecule has 1 spiro atoms. The summed E-state index contributed by atoms with van der Waals surface area (Å²) in [5.41, 5.74) is 0.350. The second-order valence-electron chi connectivity index (χ2n) is 9.38. The minimum Gasteiger partial charge on any atom is -0.495 e. The van der Waals surface area contributed by atoms with E-state index in [0.717, 1.165) is 16.5 Å². The Bertz CT molecular complexity index is 1470. The quantitative estimate of drug-likeness (QED) is 0.314. The van der Waals surface area contributed by atoms with Crippen LogP contribution in [0.15, 0.2) is 72.8 Å². The Hall–Kier alpha value is -4.57. The number of methoxy groups -OCH3 is 1. The fraction of sp³-hybridized carbons (Fsp3) is 0.222. The number of nitrogens with one attached hydrogen (secondary N) is 2. The maximum absolute atomic E-state index is 14.1. The standard InChI is InChI=1S/C27H22N4O6/c1-37-21-12-11-16(31(35)36)14-20(21)30-24(32)22-19(13-15-7-3-2-4-8-15)29-27(23(22)25(30)33)17-9-5-6-10-18(17)28-26(27)34/h2-12,14,19,22-23,29H,13H2,1H3,(H,28,34). The molecule has 2 saturated heterocycles. The summed E-state index contributed by atoms with van der Waals surface area (Å²) in [7, 11) is 1.36. The Morgan fingerprint density at radius 1 is 1.00 bits per heavy atom. The van der Waals surface area contributed by atoms with Crippen LogP contribution >= 0.6 is 0 Å². The number of non-ortho nitro benzene ring substituents is 1. The van der Waals surface area contributed by atoms with Crippen LogP contribution in [-0.4, -0.2) is 35.8 Å². The SMILES string of the molecule is COc1ccc([N+](=O)[O-])cc1N1C(=O)C2C(Cc3ccccc3)NC3(C(=O)Nc4ccccc43)C2C1=O. The molecule has 0 aromatic heterocycles. The molecule has 37 heavy (non-hydrogen) atoms. The highest BCUT2D eigenvalue weighted by Gasteiger charge is 2.70. The zero-order chi connectivity index (χ0) is 25.9. The Balaban J connectivity index is 1.52. The lowest BCUT2D eigenvalue weighted by atomic mass is 9.76. The van der Waals surface area contributed by atoms with Gasteiger partial charge in [-0.05, 0) is 24.1 Å². The molecule has 2 fully saturated rings. The summed E-state index contributed by atoms with van der Waals surface area (Å²) in [6.45, 7) is 0. The van der Waals surface area contributed by atoms with E-state index in [9.17, 15) is 24.5 Å². The van der Waals surface area contributed by atoms with Crippen LogP contribution in [0.2, 0.25) is 0 Å². The van der Waals surface area contributed by atoms with E-state index in [0.29, 0.717) is 17.7 Å². The van der Waals surface area contributed by atoms with Gasteiger partial charge < -0.3 is 10.1 Å². The van der Waals surface area contributed by atoms with E-state index in [1.165, 1.54) is 19.2 Å². The molecule has 3 aliphatic heterocycles. The number of benzene rings is 3. The molecule has 4 unspecified atom stereocenters. The molecule has 2 N–H and O–H groups in total. The first-order valence-electron chi connectivity index (χ1n) is 11.8. The lowest BCUT2D eigenvalue weighted by Crippen LogP contribution is -2.53. The predicted molar refractivity (Wildman–Crippen MR) is 133 cm³/mol. The van der Waals surface area contributed by atoms with Crippen molar-refractivity contribution < 1.29 is 24.0 Å². The number of carbonyl (C=O) groups excluding carboxylic acids is 3. The fourth-order valence-corrected chi connectivity index (χ4v) is 6.01. The van der Waals surface area contributed by atoms with Crippen LogP contribution in [0.25, 0.3) is 0 Å². The summed E-state index contributed by atoms with van der Waals surface area (Å²) in [6, 6.07) is 19.8. The third kappa shape index (κ3) is 3.19. The average molecular weight is 498 g/mol. The molecule has 3 aromatic rings. The van der Waals surface area contributed by atoms with Gasteiger partial charge in [-0.15, -0.1) is 0 Å².